The number of aromatic nitrogens is 2. The van der Waals surface area contributed by atoms with E-state index in [4.69, 9.17) is 4.98 Å². The molecule has 0 atom stereocenters. The predicted octanol–water partition coefficient (Wildman–Crippen LogP) is 10.8. The van der Waals surface area contributed by atoms with E-state index in [9.17, 15) is 0 Å². The number of benzene rings is 7. The molecule has 47 heavy (non-hydrogen) atoms. The van der Waals surface area contributed by atoms with Crippen molar-refractivity contribution in [3.05, 3.63) is 198 Å². The Kier molecular flexibility index (Phi) is 5.49. The van der Waals surface area contributed by atoms with Crippen LogP contribution in [0.25, 0.3) is 39.2 Å². The van der Waals surface area contributed by atoms with Crippen molar-refractivity contribution >= 4 is 28.1 Å². The van der Waals surface area contributed by atoms with Crippen LogP contribution in [0, 0.1) is 0 Å². The van der Waals surface area contributed by atoms with Gasteiger partial charge in [0.1, 0.15) is 5.82 Å². The maximum absolute atomic E-state index is 5.11. The molecule has 220 valence electrons. The van der Waals surface area contributed by atoms with Crippen molar-refractivity contribution in [2.75, 3.05) is 4.90 Å². The predicted molar refractivity (Wildman–Crippen MR) is 192 cm³/mol. The van der Waals surface area contributed by atoms with Crippen LogP contribution in [-0.2, 0) is 5.41 Å². The first-order chi connectivity index (χ1) is 23.3. The fourth-order valence-corrected chi connectivity index (χ4v) is 8.16. The fourth-order valence-electron chi connectivity index (χ4n) is 8.16. The Bertz CT molecular complexity index is 2380. The molecule has 10 rings (SSSR count). The van der Waals surface area contributed by atoms with Crippen molar-refractivity contribution in [3.8, 4) is 28.2 Å². The Balaban J connectivity index is 1.17. The first-order valence-electron chi connectivity index (χ1n) is 16.2. The number of fused-ring (bicyclic) bond motifs is 10. The number of para-hydroxylation sites is 5. The molecule has 2 aliphatic rings. The summed E-state index contributed by atoms with van der Waals surface area (Å²) >= 11 is 0. The second kappa shape index (κ2) is 9.90. The van der Waals surface area contributed by atoms with Crippen molar-refractivity contribution in [2.24, 2.45) is 0 Å². The number of imidazole rings is 1. The van der Waals surface area contributed by atoms with Crippen molar-refractivity contribution in [2.45, 2.75) is 5.41 Å². The third-order valence-corrected chi connectivity index (χ3v) is 10.0. The number of nitrogens with zero attached hydrogens (tertiary/aromatic N) is 3. The van der Waals surface area contributed by atoms with Crippen LogP contribution < -0.4 is 4.90 Å². The number of rotatable bonds is 3. The summed E-state index contributed by atoms with van der Waals surface area (Å²) in [4.78, 5) is 7.55. The minimum Gasteiger partial charge on any atom is -0.310 e. The van der Waals surface area contributed by atoms with Crippen LogP contribution in [0.1, 0.15) is 22.3 Å². The van der Waals surface area contributed by atoms with E-state index in [1.807, 2.05) is 0 Å². The number of hydrogen-bond donors (Lipinski definition) is 0. The summed E-state index contributed by atoms with van der Waals surface area (Å²) in [7, 11) is 0. The Morgan fingerprint density at radius 1 is 0.404 bits per heavy atom. The van der Waals surface area contributed by atoms with E-state index in [1.165, 1.54) is 44.8 Å². The van der Waals surface area contributed by atoms with Gasteiger partial charge in [-0.05, 0) is 94.0 Å². The molecule has 7 aromatic carbocycles. The zero-order valence-electron chi connectivity index (χ0n) is 25.6. The highest BCUT2D eigenvalue weighted by Crippen LogP contribution is 2.63. The van der Waals surface area contributed by atoms with E-state index in [2.05, 4.69) is 185 Å². The third kappa shape index (κ3) is 3.54. The van der Waals surface area contributed by atoms with Crippen LogP contribution in [-0.4, -0.2) is 9.55 Å². The molecule has 0 radical (unpaired) electrons. The first-order valence-corrected chi connectivity index (χ1v) is 16.2. The molecule has 1 aliphatic carbocycles. The molecule has 1 aromatic heterocycles. The van der Waals surface area contributed by atoms with Gasteiger partial charge in [-0.2, -0.15) is 0 Å². The molecule has 8 aromatic rings. The molecule has 3 nitrogen and oxygen atoms in total. The monoisotopic (exact) mass is 599 g/mol. The van der Waals surface area contributed by atoms with Gasteiger partial charge in [-0.3, -0.25) is 4.57 Å². The lowest BCUT2D eigenvalue weighted by Gasteiger charge is -2.45. The molecule has 0 unspecified atom stereocenters. The van der Waals surface area contributed by atoms with Crippen LogP contribution in [0.5, 0.6) is 0 Å². The lowest BCUT2D eigenvalue weighted by Crippen LogP contribution is -2.36. The van der Waals surface area contributed by atoms with Gasteiger partial charge >= 0.3 is 0 Å². The van der Waals surface area contributed by atoms with Gasteiger partial charge in [0.2, 0.25) is 0 Å². The SMILES string of the molecule is c1ccc(-n2c(-c3ccc(N4c5ccccc5C5(c6ccccc6-c6ccccc65)c5ccccc54)cc3)nc3ccccc32)cc1. The Labute approximate surface area is 273 Å². The molecule has 1 aliphatic heterocycles. The Hall–Kier alpha value is -6.19. The Morgan fingerprint density at radius 3 is 1.55 bits per heavy atom. The molecule has 0 saturated carbocycles. The van der Waals surface area contributed by atoms with Gasteiger partial charge in [-0.1, -0.05) is 115 Å². The number of hydrogen-bond acceptors (Lipinski definition) is 2. The van der Waals surface area contributed by atoms with E-state index in [-0.39, 0.29) is 0 Å². The van der Waals surface area contributed by atoms with Gasteiger partial charge < -0.3 is 4.90 Å². The summed E-state index contributed by atoms with van der Waals surface area (Å²) < 4.78 is 2.26. The van der Waals surface area contributed by atoms with Gasteiger partial charge in [0, 0.05) is 16.9 Å². The van der Waals surface area contributed by atoms with E-state index >= 15 is 0 Å². The summed E-state index contributed by atoms with van der Waals surface area (Å²) in [6.07, 6.45) is 0. The minimum absolute atomic E-state index is 0.405. The van der Waals surface area contributed by atoms with E-state index in [0.717, 1.165) is 33.8 Å². The molecule has 2 heterocycles. The van der Waals surface area contributed by atoms with Gasteiger partial charge in [-0.15, -0.1) is 0 Å². The van der Waals surface area contributed by atoms with Crippen LogP contribution in [0.15, 0.2) is 176 Å². The first kappa shape index (κ1) is 26.1. The number of anilines is 3. The lowest BCUT2D eigenvalue weighted by molar-refractivity contribution is 0.752. The molecule has 1 spiro atoms. The smallest absolute Gasteiger partial charge is 0.145 e. The van der Waals surface area contributed by atoms with Gasteiger partial charge in [0.05, 0.1) is 27.8 Å². The van der Waals surface area contributed by atoms with Gasteiger partial charge in [0.25, 0.3) is 0 Å². The average Bonchev–Trinajstić information content (AvgIpc) is 3.68. The highest BCUT2D eigenvalue weighted by molar-refractivity contribution is 5.96. The standard InChI is InChI=1S/C44H29N3/c1-2-14-31(15-3-1)47-42-25-13-10-22-39(42)45-43(47)30-26-28-32(29-27-30)46-40-23-11-8-20-37(40)44(38-21-9-12-24-41(38)46)35-18-6-4-16-33(35)34-17-5-7-19-36(34)44/h1-29H. The maximum atomic E-state index is 5.11. The summed E-state index contributed by atoms with van der Waals surface area (Å²) in [6, 6.07) is 63.6. The normalized spacial score (nSPS) is 13.7. The lowest BCUT2D eigenvalue weighted by atomic mass is 9.64. The fraction of sp³-hybridized carbons (Fsp3) is 0.0227. The third-order valence-electron chi connectivity index (χ3n) is 10.0. The van der Waals surface area contributed by atoms with E-state index < -0.39 is 5.41 Å². The van der Waals surface area contributed by atoms with Gasteiger partial charge in [-0.25, -0.2) is 4.98 Å². The zero-order chi connectivity index (χ0) is 31.0. The van der Waals surface area contributed by atoms with Crippen LogP contribution in [0.3, 0.4) is 0 Å². The van der Waals surface area contributed by atoms with Crippen molar-refractivity contribution < 1.29 is 0 Å². The van der Waals surface area contributed by atoms with Crippen molar-refractivity contribution in [3.63, 3.8) is 0 Å². The summed E-state index contributed by atoms with van der Waals surface area (Å²) in [6.45, 7) is 0. The zero-order valence-corrected chi connectivity index (χ0v) is 25.6. The molecule has 0 saturated heterocycles. The highest BCUT2D eigenvalue weighted by Gasteiger charge is 2.51. The van der Waals surface area contributed by atoms with E-state index in [1.54, 1.807) is 0 Å². The van der Waals surface area contributed by atoms with Crippen molar-refractivity contribution in [1.82, 2.24) is 9.55 Å². The average molecular weight is 600 g/mol. The molecule has 0 bridgehead atoms. The van der Waals surface area contributed by atoms with Crippen molar-refractivity contribution in [1.29, 1.82) is 0 Å². The quantitative estimate of drug-likeness (QED) is 0.201. The molecule has 0 N–H and O–H groups in total. The van der Waals surface area contributed by atoms with E-state index in [0.29, 0.717) is 0 Å². The topological polar surface area (TPSA) is 21.1 Å². The Morgan fingerprint density at radius 2 is 0.915 bits per heavy atom. The second-order valence-electron chi connectivity index (χ2n) is 12.4. The molecule has 0 fully saturated rings. The largest absolute Gasteiger partial charge is 0.310 e. The van der Waals surface area contributed by atoms with Crippen LogP contribution in [0.2, 0.25) is 0 Å². The second-order valence-corrected chi connectivity index (χ2v) is 12.4. The summed E-state index contributed by atoms with van der Waals surface area (Å²) in [5.74, 6) is 0.932. The van der Waals surface area contributed by atoms with Crippen LogP contribution in [0.4, 0.5) is 17.1 Å². The molecule has 0 amide bonds. The molecular weight excluding hydrogens is 571 g/mol. The highest BCUT2D eigenvalue weighted by atomic mass is 15.2. The maximum Gasteiger partial charge on any atom is 0.145 e. The summed E-state index contributed by atoms with van der Waals surface area (Å²) in [5.41, 5.74) is 15.3. The summed E-state index contributed by atoms with van der Waals surface area (Å²) in [5, 5.41) is 0. The molecular formula is C44H29N3. The molecule has 3 heteroatoms. The minimum atomic E-state index is -0.405. The van der Waals surface area contributed by atoms with Gasteiger partial charge in [0.15, 0.2) is 0 Å². The van der Waals surface area contributed by atoms with Crippen LogP contribution >= 0.6 is 0 Å².